The smallest absolute Gasteiger partial charge is 0.0889 e. The fourth-order valence-corrected chi connectivity index (χ4v) is 0.623. The van der Waals surface area contributed by atoms with E-state index in [-0.39, 0.29) is 0 Å². The third-order valence-electron chi connectivity index (χ3n) is 1.08. The van der Waals surface area contributed by atoms with Crippen LogP contribution < -0.4 is 5.32 Å². The standard InChI is InChI=1S/C6H9N/c1-2-6-3-4-7-5-6/h3,7H,2,4H2,1H3. The lowest BCUT2D eigenvalue weighted by atomic mass is 10.2. The van der Waals surface area contributed by atoms with E-state index in [0.29, 0.717) is 0 Å². The number of nitrogens with one attached hydrogen (secondary N) is 1. The maximum Gasteiger partial charge on any atom is 0.0889 e. The highest BCUT2D eigenvalue weighted by Gasteiger charge is 1.99. The van der Waals surface area contributed by atoms with E-state index in [4.69, 9.17) is 0 Å². The van der Waals surface area contributed by atoms with Crippen LogP contribution in [0.15, 0.2) is 11.6 Å². The van der Waals surface area contributed by atoms with E-state index in [1.165, 1.54) is 5.57 Å². The third-order valence-corrected chi connectivity index (χ3v) is 1.08. The summed E-state index contributed by atoms with van der Waals surface area (Å²) in [6.07, 6.45) is 3.26. The van der Waals surface area contributed by atoms with Gasteiger partial charge in [0.15, 0.2) is 0 Å². The minimum Gasteiger partial charge on any atom is -0.300 e. The Hall–Kier alpha value is -0.300. The lowest BCUT2D eigenvalue weighted by Gasteiger charge is -1.87. The first-order valence-corrected chi connectivity index (χ1v) is 2.61. The molecule has 1 nitrogen and oxygen atoms in total. The molecule has 1 N–H and O–H groups in total. The summed E-state index contributed by atoms with van der Waals surface area (Å²) in [5.41, 5.74) is 1.31. The zero-order valence-electron chi connectivity index (χ0n) is 4.49. The van der Waals surface area contributed by atoms with Crippen molar-refractivity contribution < 1.29 is 0 Å². The Balaban J connectivity index is 2.36. The number of hydrogen-bond acceptors (Lipinski definition) is 1. The van der Waals surface area contributed by atoms with Gasteiger partial charge in [-0.1, -0.05) is 13.0 Å². The molecule has 0 aliphatic carbocycles. The second-order valence-electron chi connectivity index (χ2n) is 1.59. The van der Waals surface area contributed by atoms with Gasteiger partial charge in [-0.3, -0.25) is 0 Å². The van der Waals surface area contributed by atoms with Crippen molar-refractivity contribution in [2.24, 2.45) is 0 Å². The molecule has 0 unspecified atom stereocenters. The van der Waals surface area contributed by atoms with E-state index in [1.807, 2.05) is 0 Å². The van der Waals surface area contributed by atoms with Crippen LogP contribution in [-0.4, -0.2) is 6.54 Å². The van der Waals surface area contributed by atoms with Gasteiger partial charge in [-0.25, -0.2) is 0 Å². The maximum atomic E-state index is 3.02. The minimum atomic E-state index is 0.975. The average molecular weight is 95.1 g/mol. The molecule has 0 aromatic rings. The van der Waals surface area contributed by atoms with E-state index in [2.05, 4.69) is 24.9 Å². The van der Waals surface area contributed by atoms with Crippen molar-refractivity contribution in [3.63, 3.8) is 0 Å². The van der Waals surface area contributed by atoms with Gasteiger partial charge in [-0.15, -0.1) is 0 Å². The molecular formula is C6H9N. The fraction of sp³-hybridized carbons (Fsp3) is 0.500. The predicted octanol–water partition coefficient (Wildman–Crippen LogP) is 0.965. The predicted molar refractivity (Wildman–Crippen MR) is 29.6 cm³/mol. The van der Waals surface area contributed by atoms with Crippen LogP contribution >= 0.6 is 0 Å². The highest BCUT2D eigenvalue weighted by Crippen LogP contribution is 2.05. The van der Waals surface area contributed by atoms with E-state index >= 15 is 0 Å². The van der Waals surface area contributed by atoms with Crippen molar-refractivity contribution >= 4 is 0 Å². The molecule has 1 aliphatic rings. The summed E-state index contributed by atoms with van der Waals surface area (Å²) in [6, 6.07) is 0. The van der Waals surface area contributed by atoms with E-state index in [9.17, 15) is 0 Å². The zero-order chi connectivity index (χ0) is 5.11. The molecule has 0 saturated carbocycles. The molecule has 0 amide bonds. The summed E-state index contributed by atoms with van der Waals surface area (Å²) in [4.78, 5) is 0. The third kappa shape index (κ3) is 1.03. The summed E-state index contributed by atoms with van der Waals surface area (Å²) in [7, 11) is 0. The molecule has 2 radical (unpaired) electrons. The van der Waals surface area contributed by atoms with Gasteiger partial charge in [0.1, 0.15) is 0 Å². The molecule has 1 heteroatoms. The quantitative estimate of drug-likeness (QED) is 0.511. The summed E-state index contributed by atoms with van der Waals surface area (Å²) in [5.74, 6) is 0. The van der Waals surface area contributed by atoms with Gasteiger partial charge >= 0.3 is 0 Å². The lowest BCUT2D eigenvalue weighted by molar-refractivity contribution is 0.953. The molecule has 38 valence electrons. The second kappa shape index (κ2) is 2.12. The molecule has 1 heterocycles. The van der Waals surface area contributed by atoms with Crippen molar-refractivity contribution in [2.45, 2.75) is 13.3 Å². The Morgan fingerprint density at radius 2 is 2.86 bits per heavy atom. The summed E-state index contributed by atoms with van der Waals surface area (Å²) < 4.78 is 0. The van der Waals surface area contributed by atoms with Gasteiger partial charge in [0.05, 0.1) is 6.54 Å². The minimum absolute atomic E-state index is 0.975. The normalized spacial score (nSPS) is 19.9. The Morgan fingerprint density at radius 1 is 2.00 bits per heavy atom. The second-order valence-corrected chi connectivity index (χ2v) is 1.59. The summed E-state index contributed by atoms with van der Waals surface area (Å²) >= 11 is 0. The highest BCUT2D eigenvalue weighted by molar-refractivity contribution is 5.17. The molecule has 0 aromatic carbocycles. The average Bonchev–Trinajstić information content (AvgIpc) is 2.14. The van der Waals surface area contributed by atoms with Crippen LogP contribution in [0.25, 0.3) is 0 Å². The van der Waals surface area contributed by atoms with Crippen molar-refractivity contribution in [1.29, 1.82) is 0 Å². The Kier molecular flexibility index (Phi) is 1.47. The number of hydrogen-bond donors (Lipinski definition) is 1. The van der Waals surface area contributed by atoms with Gasteiger partial charge in [-0.05, 0) is 12.0 Å². The molecular weight excluding hydrogens is 86.1 g/mol. The molecule has 0 aromatic heterocycles. The van der Waals surface area contributed by atoms with Crippen molar-refractivity contribution in [3.8, 4) is 0 Å². The molecule has 0 spiro atoms. The van der Waals surface area contributed by atoms with Crippen LogP contribution in [0.4, 0.5) is 0 Å². The van der Waals surface area contributed by atoms with Crippen LogP contribution in [0.2, 0.25) is 0 Å². The van der Waals surface area contributed by atoms with Gasteiger partial charge in [0.2, 0.25) is 0 Å². The maximum absolute atomic E-state index is 3.02. The fourth-order valence-electron chi connectivity index (χ4n) is 0.623. The van der Waals surface area contributed by atoms with Crippen LogP contribution in [0, 0.1) is 6.54 Å². The van der Waals surface area contributed by atoms with Gasteiger partial charge in [0.25, 0.3) is 0 Å². The first-order valence-electron chi connectivity index (χ1n) is 2.61. The monoisotopic (exact) mass is 95.1 g/mol. The van der Waals surface area contributed by atoms with E-state index in [1.54, 1.807) is 0 Å². The molecule has 0 fully saturated rings. The molecule has 1 rings (SSSR count). The summed E-state index contributed by atoms with van der Waals surface area (Å²) in [6.45, 7) is 6.12. The lowest BCUT2D eigenvalue weighted by Crippen LogP contribution is -2.01. The Labute approximate surface area is 44.4 Å². The van der Waals surface area contributed by atoms with E-state index < -0.39 is 0 Å². The molecule has 0 saturated heterocycles. The first kappa shape index (κ1) is 4.85. The number of rotatable bonds is 1. The summed E-state index contributed by atoms with van der Waals surface area (Å²) in [5, 5.41) is 2.98. The molecule has 0 atom stereocenters. The molecule has 7 heavy (non-hydrogen) atoms. The van der Waals surface area contributed by atoms with Crippen LogP contribution in [0.1, 0.15) is 13.3 Å². The van der Waals surface area contributed by atoms with Crippen molar-refractivity contribution in [3.05, 3.63) is 18.2 Å². The SMILES string of the molecule is CCC1=CCN[C]1. The first-order chi connectivity index (χ1) is 3.43. The molecule has 0 bridgehead atoms. The van der Waals surface area contributed by atoms with Crippen molar-refractivity contribution in [2.75, 3.05) is 6.54 Å². The highest BCUT2D eigenvalue weighted by atomic mass is 14.9. The van der Waals surface area contributed by atoms with Crippen LogP contribution in [-0.2, 0) is 0 Å². The molecule has 1 aliphatic heterocycles. The zero-order valence-corrected chi connectivity index (χ0v) is 4.49. The largest absolute Gasteiger partial charge is 0.300 e. The van der Waals surface area contributed by atoms with Crippen LogP contribution in [0.3, 0.4) is 0 Å². The topological polar surface area (TPSA) is 12.0 Å². The van der Waals surface area contributed by atoms with E-state index in [0.717, 1.165) is 13.0 Å². The van der Waals surface area contributed by atoms with Gasteiger partial charge < -0.3 is 5.32 Å². The van der Waals surface area contributed by atoms with Crippen LogP contribution in [0.5, 0.6) is 0 Å². The Morgan fingerprint density at radius 3 is 3.14 bits per heavy atom. The Bertz CT molecular complexity index is 84.2. The van der Waals surface area contributed by atoms with Gasteiger partial charge in [-0.2, -0.15) is 0 Å². The van der Waals surface area contributed by atoms with Gasteiger partial charge in [0, 0.05) is 6.54 Å². The van der Waals surface area contributed by atoms with Crippen molar-refractivity contribution in [1.82, 2.24) is 5.32 Å².